The summed E-state index contributed by atoms with van der Waals surface area (Å²) in [5.41, 5.74) is 3.72. The average molecular weight is 374 g/mol. The second-order valence-corrected chi connectivity index (χ2v) is 7.64. The molecule has 1 spiro atoms. The van der Waals surface area contributed by atoms with Gasteiger partial charge in [0.05, 0.1) is 12.3 Å². The van der Waals surface area contributed by atoms with E-state index in [4.69, 9.17) is 9.47 Å². The van der Waals surface area contributed by atoms with E-state index in [-0.39, 0.29) is 18.4 Å². The van der Waals surface area contributed by atoms with Gasteiger partial charge in [-0.25, -0.2) is 0 Å². The zero-order valence-corrected chi connectivity index (χ0v) is 15.2. The maximum absolute atomic E-state index is 13.8. The fraction of sp³-hybridized carbons (Fsp3) is 0.273. The number of nitrogens with zero attached hydrogens (tertiary/aromatic N) is 1. The van der Waals surface area contributed by atoms with Crippen LogP contribution in [0.4, 0.5) is 5.69 Å². The molecule has 4 heterocycles. The SMILES string of the molecule is O=C1CC/C(=C\N2C(=O)C3(COc4cc5c(cc43)CCO5)c3ccccc32)N1. The smallest absolute Gasteiger partial charge is 0.249 e. The monoisotopic (exact) mass is 374 g/mol. The molecule has 140 valence electrons. The van der Waals surface area contributed by atoms with Gasteiger partial charge in [-0.2, -0.15) is 0 Å². The number of para-hydroxylation sites is 1. The standard InChI is InChI=1S/C22H18N2O4/c25-20-6-5-14(23-20)11-24-17-4-2-1-3-15(17)22(21(24)26)12-28-19-10-18-13(7-8-27-18)9-16(19)22/h1-4,9-11H,5-8,12H2,(H,23,25)/b14-11+. The van der Waals surface area contributed by atoms with Crippen molar-refractivity contribution in [2.45, 2.75) is 24.7 Å². The van der Waals surface area contributed by atoms with E-state index in [2.05, 4.69) is 11.4 Å². The largest absolute Gasteiger partial charge is 0.493 e. The van der Waals surface area contributed by atoms with Crippen molar-refractivity contribution in [3.8, 4) is 11.5 Å². The zero-order valence-electron chi connectivity index (χ0n) is 15.2. The number of rotatable bonds is 1. The Morgan fingerprint density at radius 2 is 1.89 bits per heavy atom. The normalized spacial score (nSPS) is 25.6. The van der Waals surface area contributed by atoms with Crippen molar-refractivity contribution in [3.63, 3.8) is 0 Å². The van der Waals surface area contributed by atoms with Crippen molar-refractivity contribution < 1.29 is 19.1 Å². The van der Waals surface area contributed by atoms with Crippen molar-refractivity contribution >= 4 is 17.5 Å². The molecule has 0 aromatic heterocycles. The molecule has 0 bridgehead atoms. The van der Waals surface area contributed by atoms with E-state index < -0.39 is 5.41 Å². The second-order valence-electron chi connectivity index (χ2n) is 7.64. The lowest BCUT2D eigenvalue weighted by molar-refractivity contribution is -0.121. The Hall–Kier alpha value is -3.28. The summed E-state index contributed by atoms with van der Waals surface area (Å²) in [6.45, 7) is 0.931. The van der Waals surface area contributed by atoms with Gasteiger partial charge < -0.3 is 14.8 Å². The molecule has 6 rings (SSSR count). The third-order valence-electron chi connectivity index (χ3n) is 6.11. The molecule has 0 saturated carbocycles. The van der Waals surface area contributed by atoms with Crippen LogP contribution in [0.2, 0.25) is 0 Å². The van der Waals surface area contributed by atoms with Gasteiger partial charge in [-0.05, 0) is 29.7 Å². The van der Waals surface area contributed by atoms with Crippen LogP contribution in [-0.2, 0) is 21.4 Å². The number of carbonyl (C=O) groups is 2. The van der Waals surface area contributed by atoms with Crippen molar-refractivity contribution in [3.05, 3.63) is 65.0 Å². The van der Waals surface area contributed by atoms with E-state index in [1.54, 1.807) is 11.1 Å². The minimum Gasteiger partial charge on any atom is -0.493 e. The van der Waals surface area contributed by atoms with Gasteiger partial charge in [0.2, 0.25) is 11.8 Å². The first-order chi connectivity index (χ1) is 13.7. The average Bonchev–Trinajstić information content (AvgIpc) is 3.45. The zero-order chi connectivity index (χ0) is 18.9. The van der Waals surface area contributed by atoms with E-state index in [0.29, 0.717) is 25.2 Å². The highest BCUT2D eigenvalue weighted by Crippen LogP contribution is 2.54. The van der Waals surface area contributed by atoms with Crippen LogP contribution < -0.4 is 19.7 Å². The number of ether oxygens (including phenoxy) is 2. The molecule has 2 aromatic rings. The Balaban J connectivity index is 1.53. The van der Waals surface area contributed by atoms with E-state index >= 15 is 0 Å². The summed E-state index contributed by atoms with van der Waals surface area (Å²) in [6, 6.07) is 11.8. The number of nitrogens with one attached hydrogen (secondary N) is 1. The Morgan fingerprint density at radius 1 is 1.00 bits per heavy atom. The van der Waals surface area contributed by atoms with Gasteiger partial charge in [0.15, 0.2) is 0 Å². The summed E-state index contributed by atoms with van der Waals surface area (Å²) in [7, 11) is 0. The molecule has 1 unspecified atom stereocenters. The van der Waals surface area contributed by atoms with Crippen molar-refractivity contribution in [1.29, 1.82) is 0 Å². The minimum absolute atomic E-state index is 0.00833. The molecule has 1 N–H and O–H groups in total. The van der Waals surface area contributed by atoms with Crippen LogP contribution in [-0.4, -0.2) is 25.0 Å². The third-order valence-corrected chi connectivity index (χ3v) is 6.11. The summed E-state index contributed by atoms with van der Waals surface area (Å²) in [5, 5.41) is 2.84. The number of anilines is 1. The molecule has 28 heavy (non-hydrogen) atoms. The van der Waals surface area contributed by atoms with Crippen LogP contribution in [0.3, 0.4) is 0 Å². The first-order valence-electron chi connectivity index (χ1n) is 9.53. The summed E-state index contributed by atoms with van der Waals surface area (Å²) in [5.74, 6) is 1.51. The van der Waals surface area contributed by atoms with Crippen molar-refractivity contribution in [2.75, 3.05) is 18.1 Å². The summed E-state index contributed by atoms with van der Waals surface area (Å²) in [4.78, 5) is 27.0. The molecule has 1 fully saturated rings. The molecule has 4 aliphatic heterocycles. The van der Waals surface area contributed by atoms with Gasteiger partial charge >= 0.3 is 0 Å². The molecule has 2 amide bonds. The molecular weight excluding hydrogens is 356 g/mol. The molecule has 1 saturated heterocycles. The van der Waals surface area contributed by atoms with E-state index in [1.807, 2.05) is 30.3 Å². The Labute approximate surface area is 161 Å². The molecular formula is C22H18N2O4. The van der Waals surface area contributed by atoms with Gasteiger partial charge in [-0.15, -0.1) is 0 Å². The number of benzene rings is 2. The van der Waals surface area contributed by atoms with Crippen LogP contribution >= 0.6 is 0 Å². The summed E-state index contributed by atoms with van der Waals surface area (Å²) < 4.78 is 11.7. The van der Waals surface area contributed by atoms with Crippen LogP contribution in [0, 0.1) is 0 Å². The van der Waals surface area contributed by atoms with E-state index in [9.17, 15) is 9.59 Å². The van der Waals surface area contributed by atoms with Gasteiger partial charge in [0.25, 0.3) is 0 Å². The van der Waals surface area contributed by atoms with E-state index in [1.165, 1.54) is 0 Å². The Kier molecular flexibility index (Phi) is 3.02. The van der Waals surface area contributed by atoms with E-state index in [0.717, 1.165) is 40.2 Å². The molecule has 2 aromatic carbocycles. The predicted molar refractivity (Wildman–Crippen MR) is 101 cm³/mol. The Bertz CT molecular complexity index is 1090. The first kappa shape index (κ1) is 15.7. The lowest BCUT2D eigenvalue weighted by Gasteiger charge is -2.22. The summed E-state index contributed by atoms with van der Waals surface area (Å²) in [6.07, 6.45) is 3.69. The van der Waals surface area contributed by atoms with Gasteiger partial charge in [0, 0.05) is 36.4 Å². The third kappa shape index (κ3) is 1.92. The summed E-state index contributed by atoms with van der Waals surface area (Å²) >= 11 is 0. The number of allylic oxidation sites excluding steroid dienone is 1. The number of hydrogen-bond acceptors (Lipinski definition) is 4. The number of fused-ring (bicyclic) bond motifs is 5. The predicted octanol–water partition coefficient (Wildman–Crippen LogP) is 2.40. The van der Waals surface area contributed by atoms with Gasteiger partial charge in [-0.3, -0.25) is 14.5 Å². The maximum atomic E-state index is 13.8. The minimum atomic E-state index is -0.858. The lowest BCUT2D eigenvalue weighted by Crippen LogP contribution is -2.41. The van der Waals surface area contributed by atoms with Gasteiger partial charge in [0.1, 0.15) is 23.5 Å². The van der Waals surface area contributed by atoms with Crippen LogP contribution in [0.25, 0.3) is 0 Å². The highest BCUT2D eigenvalue weighted by Gasteiger charge is 2.57. The van der Waals surface area contributed by atoms with Crippen LogP contribution in [0.5, 0.6) is 11.5 Å². The Morgan fingerprint density at radius 3 is 2.75 bits per heavy atom. The number of carbonyl (C=O) groups excluding carboxylic acids is 2. The molecule has 6 heteroatoms. The number of amides is 2. The highest BCUT2D eigenvalue weighted by atomic mass is 16.5. The van der Waals surface area contributed by atoms with Crippen LogP contribution in [0.15, 0.2) is 48.3 Å². The molecule has 0 radical (unpaired) electrons. The van der Waals surface area contributed by atoms with Crippen molar-refractivity contribution in [1.82, 2.24) is 5.32 Å². The van der Waals surface area contributed by atoms with Crippen molar-refractivity contribution in [2.24, 2.45) is 0 Å². The quantitative estimate of drug-likeness (QED) is 0.832. The second kappa shape index (κ2) is 5.38. The first-order valence-corrected chi connectivity index (χ1v) is 9.53. The fourth-order valence-electron chi connectivity index (χ4n) is 4.73. The highest BCUT2D eigenvalue weighted by molar-refractivity contribution is 6.12. The van der Waals surface area contributed by atoms with Gasteiger partial charge in [-0.1, -0.05) is 18.2 Å². The van der Waals surface area contributed by atoms with Crippen LogP contribution in [0.1, 0.15) is 29.5 Å². The number of hydrogen-bond donors (Lipinski definition) is 1. The molecule has 1 atom stereocenters. The molecule has 0 aliphatic carbocycles. The molecule has 4 aliphatic rings. The molecule has 6 nitrogen and oxygen atoms in total. The topological polar surface area (TPSA) is 67.9 Å². The maximum Gasteiger partial charge on any atom is 0.249 e. The fourth-order valence-corrected chi connectivity index (χ4v) is 4.73. The lowest BCUT2D eigenvalue weighted by atomic mass is 9.76.